The minimum atomic E-state index is -0.940. The van der Waals surface area contributed by atoms with Crippen LogP contribution in [-0.2, 0) is 16.1 Å². The van der Waals surface area contributed by atoms with Crippen molar-refractivity contribution in [1.29, 1.82) is 0 Å². The Hall–Kier alpha value is -2.22. The molecule has 0 amide bonds. The van der Waals surface area contributed by atoms with Gasteiger partial charge in [-0.3, -0.25) is 10.2 Å². The second kappa shape index (κ2) is 8.44. The molecular formula is C19H22N2O4S. The summed E-state index contributed by atoms with van der Waals surface area (Å²) in [6, 6.07) is 12.5. The monoisotopic (exact) mass is 374 g/mol. The summed E-state index contributed by atoms with van der Waals surface area (Å²) >= 11 is 1.20. The molecule has 2 aromatic rings. The maximum atomic E-state index is 12.6. The van der Waals surface area contributed by atoms with Crippen molar-refractivity contribution < 1.29 is 19.4 Å². The number of hydrogen-bond donors (Lipinski definition) is 2. The van der Waals surface area contributed by atoms with E-state index in [4.69, 9.17) is 9.84 Å². The standard InChI is InChI=1S/C19H22N2O4S/c1-21-10-9-14(21)12-25-19(24)17(13-5-3-2-4-6-13)20-11-15-7-8-16(26-15)18(22)23/h2-8,14,17,20H,9-12H2,1H3,(H,22,23)/t14-,17?/m1/s1. The largest absolute Gasteiger partial charge is 0.477 e. The molecule has 0 bridgehead atoms. The Bertz CT molecular complexity index is 762. The highest BCUT2D eigenvalue weighted by molar-refractivity contribution is 7.13. The zero-order chi connectivity index (χ0) is 18.5. The van der Waals surface area contributed by atoms with Gasteiger partial charge in [-0.25, -0.2) is 9.59 Å². The van der Waals surface area contributed by atoms with Gasteiger partial charge in [-0.1, -0.05) is 30.3 Å². The lowest BCUT2D eigenvalue weighted by molar-refractivity contribution is -0.149. The summed E-state index contributed by atoms with van der Waals surface area (Å²) in [7, 11) is 2.02. The van der Waals surface area contributed by atoms with Crippen molar-refractivity contribution in [2.45, 2.75) is 25.0 Å². The van der Waals surface area contributed by atoms with E-state index in [1.807, 2.05) is 37.4 Å². The molecule has 7 heteroatoms. The summed E-state index contributed by atoms with van der Waals surface area (Å²) in [4.78, 5) is 26.9. The van der Waals surface area contributed by atoms with Gasteiger partial charge in [0, 0.05) is 17.5 Å². The second-order valence-corrected chi connectivity index (χ2v) is 7.52. The normalized spacial score (nSPS) is 18.1. The van der Waals surface area contributed by atoms with Crippen LogP contribution in [0.25, 0.3) is 0 Å². The van der Waals surface area contributed by atoms with Crippen LogP contribution in [0, 0.1) is 0 Å². The van der Waals surface area contributed by atoms with Crippen molar-refractivity contribution in [2.75, 3.05) is 20.2 Å². The van der Waals surface area contributed by atoms with Crippen molar-refractivity contribution in [1.82, 2.24) is 10.2 Å². The Morgan fingerprint density at radius 3 is 2.65 bits per heavy atom. The molecular weight excluding hydrogens is 352 g/mol. The molecule has 0 saturated carbocycles. The fraction of sp³-hybridized carbons (Fsp3) is 0.368. The molecule has 1 saturated heterocycles. The topological polar surface area (TPSA) is 78.9 Å². The van der Waals surface area contributed by atoms with E-state index in [9.17, 15) is 9.59 Å². The number of nitrogens with one attached hydrogen (secondary N) is 1. The predicted octanol–water partition coefficient (Wildman–Crippen LogP) is 2.52. The lowest BCUT2D eigenvalue weighted by Crippen LogP contribution is -2.48. The van der Waals surface area contributed by atoms with Gasteiger partial charge in [0.2, 0.25) is 0 Å². The maximum absolute atomic E-state index is 12.6. The molecule has 3 rings (SSSR count). The van der Waals surface area contributed by atoms with Crippen LogP contribution in [0.1, 0.15) is 32.6 Å². The van der Waals surface area contributed by atoms with Gasteiger partial charge in [0.05, 0.1) is 0 Å². The SMILES string of the molecule is CN1CC[C@@H]1COC(=O)C(NCc1ccc(C(=O)O)s1)c1ccccc1. The zero-order valence-corrected chi connectivity index (χ0v) is 15.4. The van der Waals surface area contributed by atoms with Gasteiger partial charge >= 0.3 is 11.9 Å². The molecule has 0 aliphatic carbocycles. The van der Waals surface area contributed by atoms with Gasteiger partial charge < -0.3 is 9.84 Å². The highest BCUT2D eigenvalue weighted by Gasteiger charge is 2.28. The molecule has 26 heavy (non-hydrogen) atoms. The summed E-state index contributed by atoms with van der Waals surface area (Å²) in [5, 5.41) is 12.2. The number of carboxylic acid groups (broad SMARTS) is 1. The van der Waals surface area contributed by atoms with Crippen LogP contribution in [0.4, 0.5) is 0 Å². The highest BCUT2D eigenvalue weighted by Crippen LogP contribution is 2.21. The number of esters is 1. The molecule has 0 spiro atoms. The molecule has 1 aliphatic rings. The van der Waals surface area contributed by atoms with Crippen LogP contribution >= 0.6 is 11.3 Å². The summed E-state index contributed by atoms with van der Waals surface area (Å²) in [5.74, 6) is -1.25. The molecule has 6 nitrogen and oxygen atoms in total. The van der Waals surface area contributed by atoms with Crippen molar-refractivity contribution in [3.8, 4) is 0 Å². The van der Waals surface area contributed by atoms with Crippen molar-refractivity contribution in [2.24, 2.45) is 0 Å². The lowest BCUT2D eigenvalue weighted by Gasteiger charge is -2.37. The number of nitrogens with zero attached hydrogens (tertiary/aromatic N) is 1. The number of carbonyl (C=O) groups excluding carboxylic acids is 1. The first-order valence-electron chi connectivity index (χ1n) is 8.52. The van der Waals surface area contributed by atoms with E-state index in [0.717, 1.165) is 23.4 Å². The first-order valence-corrected chi connectivity index (χ1v) is 9.33. The molecule has 1 fully saturated rings. The van der Waals surface area contributed by atoms with Crippen LogP contribution in [0.3, 0.4) is 0 Å². The van der Waals surface area contributed by atoms with Gasteiger partial charge in [-0.05, 0) is 37.7 Å². The average molecular weight is 374 g/mol. The first kappa shape index (κ1) is 18.6. The molecule has 0 radical (unpaired) electrons. The van der Waals surface area contributed by atoms with E-state index in [1.54, 1.807) is 12.1 Å². The average Bonchev–Trinajstić information content (AvgIpc) is 3.11. The first-order chi connectivity index (χ1) is 12.5. The molecule has 2 heterocycles. The number of likely N-dealkylation sites (N-methyl/N-ethyl adjacent to an activating group) is 1. The van der Waals surface area contributed by atoms with E-state index < -0.39 is 12.0 Å². The van der Waals surface area contributed by atoms with Crippen LogP contribution in [0.5, 0.6) is 0 Å². The molecule has 2 N–H and O–H groups in total. The third-order valence-corrected chi connectivity index (χ3v) is 5.65. The van der Waals surface area contributed by atoms with E-state index in [1.165, 1.54) is 11.3 Å². The van der Waals surface area contributed by atoms with Crippen LogP contribution in [-0.4, -0.2) is 48.2 Å². The Kier molecular flexibility index (Phi) is 6.03. The zero-order valence-electron chi connectivity index (χ0n) is 14.6. The van der Waals surface area contributed by atoms with Crippen LogP contribution in [0.15, 0.2) is 42.5 Å². The Morgan fingerprint density at radius 2 is 2.08 bits per heavy atom. The minimum absolute atomic E-state index is 0.286. The van der Waals surface area contributed by atoms with Crippen LogP contribution in [0.2, 0.25) is 0 Å². The third kappa shape index (κ3) is 4.49. The van der Waals surface area contributed by atoms with E-state index in [2.05, 4.69) is 10.2 Å². The predicted molar refractivity (Wildman–Crippen MR) is 99.3 cm³/mol. The fourth-order valence-corrected chi connectivity index (χ4v) is 3.61. The van der Waals surface area contributed by atoms with E-state index in [0.29, 0.717) is 19.2 Å². The highest BCUT2D eigenvalue weighted by atomic mass is 32.1. The van der Waals surface area contributed by atoms with Crippen LogP contribution < -0.4 is 5.32 Å². The number of benzene rings is 1. The molecule has 1 unspecified atom stereocenters. The molecule has 1 aromatic carbocycles. The summed E-state index contributed by atoms with van der Waals surface area (Å²) < 4.78 is 5.53. The Balaban J connectivity index is 1.64. The van der Waals surface area contributed by atoms with Crippen molar-refractivity contribution in [3.05, 3.63) is 57.8 Å². The molecule has 1 aliphatic heterocycles. The number of likely N-dealkylation sites (tertiary alicyclic amines) is 1. The number of hydrogen-bond acceptors (Lipinski definition) is 6. The molecule has 138 valence electrons. The van der Waals surface area contributed by atoms with Crippen molar-refractivity contribution >= 4 is 23.3 Å². The summed E-state index contributed by atoms with van der Waals surface area (Å²) in [6.45, 7) is 1.82. The second-order valence-electron chi connectivity index (χ2n) is 6.35. The Morgan fingerprint density at radius 1 is 1.31 bits per heavy atom. The van der Waals surface area contributed by atoms with Gasteiger partial charge in [0.25, 0.3) is 0 Å². The van der Waals surface area contributed by atoms with Gasteiger partial charge in [-0.2, -0.15) is 0 Å². The maximum Gasteiger partial charge on any atom is 0.345 e. The van der Waals surface area contributed by atoms with E-state index >= 15 is 0 Å². The third-order valence-electron chi connectivity index (χ3n) is 4.58. The number of aromatic carboxylic acids is 1. The van der Waals surface area contributed by atoms with Gasteiger partial charge in [-0.15, -0.1) is 11.3 Å². The minimum Gasteiger partial charge on any atom is -0.477 e. The molecule has 2 atom stereocenters. The number of rotatable bonds is 8. The fourth-order valence-electron chi connectivity index (χ4n) is 2.82. The summed E-state index contributed by atoms with van der Waals surface area (Å²) in [5.41, 5.74) is 0.828. The van der Waals surface area contributed by atoms with Gasteiger partial charge in [0.15, 0.2) is 0 Å². The quantitative estimate of drug-likeness (QED) is 0.692. The number of thiophene rings is 1. The number of ether oxygens (including phenoxy) is 1. The van der Waals surface area contributed by atoms with Gasteiger partial charge in [0.1, 0.15) is 17.5 Å². The van der Waals surface area contributed by atoms with E-state index in [-0.39, 0.29) is 10.8 Å². The number of carboxylic acids is 1. The molecule has 1 aromatic heterocycles. The summed E-state index contributed by atoms with van der Waals surface area (Å²) in [6.07, 6.45) is 1.04. The van der Waals surface area contributed by atoms with Crippen molar-refractivity contribution in [3.63, 3.8) is 0 Å². The lowest BCUT2D eigenvalue weighted by atomic mass is 10.1. The number of carbonyl (C=O) groups is 2. The smallest absolute Gasteiger partial charge is 0.345 e. The Labute approximate surface area is 156 Å².